The monoisotopic (exact) mass is 330 g/mol. The van der Waals surface area contributed by atoms with Gasteiger partial charge in [-0.15, -0.1) is 0 Å². The van der Waals surface area contributed by atoms with Crippen molar-refractivity contribution in [2.75, 3.05) is 27.4 Å². The lowest BCUT2D eigenvalue weighted by molar-refractivity contribution is -0.418. The summed E-state index contributed by atoms with van der Waals surface area (Å²) in [5.74, 6) is -0.966. The molecule has 0 bridgehead atoms. The summed E-state index contributed by atoms with van der Waals surface area (Å²) in [7, 11) is 3.39. The van der Waals surface area contributed by atoms with Crippen LogP contribution in [0.2, 0.25) is 0 Å². The molecule has 0 amide bonds. The van der Waals surface area contributed by atoms with Crippen LogP contribution in [0.3, 0.4) is 0 Å². The first-order valence-corrected chi connectivity index (χ1v) is 9.49. The molecule has 4 nitrogen and oxygen atoms in total. The van der Waals surface area contributed by atoms with Crippen molar-refractivity contribution in [3.05, 3.63) is 0 Å². The van der Waals surface area contributed by atoms with Gasteiger partial charge in [0, 0.05) is 14.2 Å². The fourth-order valence-electron chi connectivity index (χ4n) is 3.59. The molecule has 0 saturated carbocycles. The summed E-state index contributed by atoms with van der Waals surface area (Å²) >= 11 is 0. The van der Waals surface area contributed by atoms with Gasteiger partial charge < -0.3 is 18.9 Å². The Kier molecular flexibility index (Phi) is 9.67. The normalized spacial score (nSPS) is 18.4. The van der Waals surface area contributed by atoms with Gasteiger partial charge in [0.05, 0.1) is 18.6 Å². The molecule has 0 radical (unpaired) electrons. The second-order valence-corrected chi connectivity index (χ2v) is 6.74. The predicted octanol–water partition coefficient (Wildman–Crippen LogP) is 4.91. The maximum Gasteiger partial charge on any atom is 0.288 e. The smallest absolute Gasteiger partial charge is 0.288 e. The summed E-state index contributed by atoms with van der Waals surface area (Å²) in [5.41, 5.74) is -0.115. The zero-order valence-electron chi connectivity index (χ0n) is 16.0. The number of ether oxygens (including phenoxy) is 4. The Morgan fingerprint density at radius 3 is 1.96 bits per heavy atom. The van der Waals surface area contributed by atoms with Crippen LogP contribution in [0.5, 0.6) is 0 Å². The number of methoxy groups -OCH3 is 2. The van der Waals surface area contributed by atoms with Crippen LogP contribution in [0, 0.1) is 5.41 Å². The lowest BCUT2D eigenvalue weighted by atomic mass is 9.75. The minimum absolute atomic E-state index is 0.115. The Morgan fingerprint density at radius 2 is 1.48 bits per heavy atom. The van der Waals surface area contributed by atoms with Gasteiger partial charge in [0.25, 0.3) is 5.97 Å². The minimum Gasteiger partial charge on any atom is -0.371 e. The van der Waals surface area contributed by atoms with E-state index in [-0.39, 0.29) is 11.5 Å². The molecule has 0 aromatic carbocycles. The first kappa shape index (κ1) is 20.9. The lowest BCUT2D eigenvalue weighted by Gasteiger charge is -2.47. The number of rotatable bonds is 15. The van der Waals surface area contributed by atoms with Crippen molar-refractivity contribution in [1.29, 1.82) is 0 Å². The minimum atomic E-state index is -0.966. The van der Waals surface area contributed by atoms with E-state index in [0.717, 1.165) is 25.9 Å². The molecule has 138 valence electrons. The molecule has 1 saturated heterocycles. The van der Waals surface area contributed by atoms with Crippen LogP contribution in [0.4, 0.5) is 0 Å². The number of hydrogen-bond acceptors (Lipinski definition) is 4. The molecule has 0 N–H and O–H groups in total. The average molecular weight is 331 g/mol. The largest absolute Gasteiger partial charge is 0.371 e. The maximum atomic E-state index is 6.13. The highest BCUT2D eigenvalue weighted by molar-refractivity contribution is 4.87. The van der Waals surface area contributed by atoms with Crippen molar-refractivity contribution >= 4 is 0 Å². The second kappa shape index (κ2) is 10.7. The molecule has 0 aromatic rings. The molecule has 1 aliphatic heterocycles. The molecule has 1 heterocycles. The predicted molar refractivity (Wildman–Crippen MR) is 93.4 cm³/mol. The fourth-order valence-corrected chi connectivity index (χ4v) is 3.59. The first-order chi connectivity index (χ1) is 11.1. The fraction of sp³-hybridized carbons (Fsp3) is 1.00. The van der Waals surface area contributed by atoms with Gasteiger partial charge in [-0.1, -0.05) is 59.3 Å². The number of epoxide rings is 1. The van der Waals surface area contributed by atoms with Crippen LogP contribution in [0.1, 0.15) is 78.6 Å². The molecule has 1 atom stereocenters. The summed E-state index contributed by atoms with van der Waals surface area (Å²) < 4.78 is 23.0. The molecule has 1 rings (SSSR count). The molecule has 4 heteroatoms. The van der Waals surface area contributed by atoms with Crippen molar-refractivity contribution in [2.24, 2.45) is 5.41 Å². The van der Waals surface area contributed by atoms with E-state index in [1.807, 2.05) is 0 Å². The van der Waals surface area contributed by atoms with E-state index in [9.17, 15) is 0 Å². The second-order valence-electron chi connectivity index (χ2n) is 6.74. The lowest BCUT2D eigenvalue weighted by Crippen LogP contribution is -2.53. The zero-order valence-corrected chi connectivity index (χ0v) is 16.0. The van der Waals surface area contributed by atoms with Crippen LogP contribution in [0.25, 0.3) is 0 Å². The van der Waals surface area contributed by atoms with E-state index < -0.39 is 5.97 Å². The molecule has 0 aliphatic carbocycles. The van der Waals surface area contributed by atoms with E-state index in [1.165, 1.54) is 38.5 Å². The van der Waals surface area contributed by atoms with Crippen molar-refractivity contribution < 1.29 is 18.9 Å². The third-order valence-electron chi connectivity index (χ3n) is 5.41. The summed E-state index contributed by atoms with van der Waals surface area (Å²) in [5, 5.41) is 0. The van der Waals surface area contributed by atoms with E-state index in [4.69, 9.17) is 18.9 Å². The SMILES string of the molecule is CCCCCCCCC(CC)(CC)C(OC)(OC)OCC1CO1. The van der Waals surface area contributed by atoms with Gasteiger partial charge in [0.2, 0.25) is 0 Å². The molecule has 23 heavy (non-hydrogen) atoms. The van der Waals surface area contributed by atoms with Gasteiger partial charge in [-0.3, -0.25) is 0 Å². The highest BCUT2D eigenvalue weighted by Crippen LogP contribution is 2.46. The van der Waals surface area contributed by atoms with E-state index in [1.54, 1.807) is 14.2 Å². The summed E-state index contributed by atoms with van der Waals surface area (Å²) in [6.07, 6.45) is 11.0. The Morgan fingerprint density at radius 1 is 0.913 bits per heavy atom. The summed E-state index contributed by atoms with van der Waals surface area (Å²) in [4.78, 5) is 0. The Bertz CT molecular complexity index is 294. The molecule has 1 aliphatic rings. The molecule has 1 unspecified atom stereocenters. The van der Waals surface area contributed by atoms with Crippen LogP contribution in [-0.2, 0) is 18.9 Å². The Labute approximate surface area is 143 Å². The molecule has 0 spiro atoms. The third kappa shape index (κ3) is 5.70. The van der Waals surface area contributed by atoms with Crippen molar-refractivity contribution in [2.45, 2.75) is 90.6 Å². The Balaban J connectivity index is 2.63. The zero-order chi connectivity index (χ0) is 17.2. The van der Waals surface area contributed by atoms with Crippen LogP contribution in [-0.4, -0.2) is 39.5 Å². The molecule has 0 aromatic heterocycles. The molecule has 1 fully saturated rings. The number of unbranched alkanes of at least 4 members (excludes halogenated alkanes) is 5. The standard InChI is InChI=1S/C19H38O4/c1-6-9-10-11-12-13-14-18(7-2,8-3)19(20-4,21-5)23-16-17-15-22-17/h17H,6-16H2,1-5H3. The van der Waals surface area contributed by atoms with Gasteiger partial charge in [-0.2, -0.15) is 0 Å². The van der Waals surface area contributed by atoms with Gasteiger partial charge in [-0.25, -0.2) is 0 Å². The highest BCUT2D eigenvalue weighted by Gasteiger charge is 2.52. The molecular weight excluding hydrogens is 292 g/mol. The van der Waals surface area contributed by atoms with Gasteiger partial charge in [-0.05, 0) is 19.3 Å². The van der Waals surface area contributed by atoms with Crippen LogP contribution < -0.4 is 0 Å². The Hall–Kier alpha value is -0.160. The van der Waals surface area contributed by atoms with E-state index in [2.05, 4.69) is 20.8 Å². The van der Waals surface area contributed by atoms with E-state index >= 15 is 0 Å². The van der Waals surface area contributed by atoms with Crippen LogP contribution >= 0.6 is 0 Å². The van der Waals surface area contributed by atoms with Gasteiger partial charge >= 0.3 is 0 Å². The topological polar surface area (TPSA) is 40.2 Å². The third-order valence-corrected chi connectivity index (χ3v) is 5.41. The quantitative estimate of drug-likeness (QED) is 0.243. The van der Waals surface area contributed by atoms with Gasteiger partial charge in [0.1, 0.15) is 6.10 Å². The first-order valence-electron chi connectivity index (χ1n) is 9.49. The van der Waals surface area contributed by atoms with Crippen molar-refractivity contribution in [3.63, 3.8) is 0 Å². The van der Waals surface area contributed by atoms with Crippen molar-refractivity contribution in [1.82, 2.24) is 0 Å². The maximum absolute atomic E-state index is 6.13. The summed E-state index contributed by atoms with van der Waals surface area (Å²) in [6, 6.07) is 0. The molecular formula is C19H38O4. The van der Waals surface area contributed by atoms with E-state index in [0.29, 0.717) is 6.61 Å². The average Bonchev–Trinajstić information content (AvgIpc) is 3.41. The van der Waals surface area contributed by atoms with Gasteiger partial charge in [0.15, 0.2) is 0 Å². The number of hydrogen-bond donors (Lipinski definition) is 0. The summed E-state index contributed by atoms with van der Waals surface area (Å²) in [6.45, 7) is 8.01. The van der Waals surface area contributed by atoms with Crippen molar-refractivity contribution in [3.8, 4) is 0 Å². The van der Waals surface area contributed by atoms with Crippen LogP contribution in [0.15, 0.2) is 0 Å². The highest BCUT2D eigenvalue weighted by atomic mass is 16.9.